The van der Waals surface area contributed by atoms with Gasteiger partial charge in [0.15, 0.2) is 0 Å². The van der Waals surface area contributed by atoms with E-state index in [1.807, 2.05) is 31.2 Å². The number of ether oxygens (including phenoxy) is 1. The molecule has 0 bridgehead atoms. The fraction of sp³-hybridized carbons (Fsp3) is 0.421. The normalized spacial score (nSPS) is 20.2. The summed E-state index contributed by atoms with van der Waals surface area (Å²) in [7, 11) is 0. The molecule has 7 nitrogen and oxygen atoms in total. The summed E-state index contributed by atoms with van der Waals surface area (Å²) in [5.41, 5.74) is 0.919. The topological polar surface area (TPSA) is 84.7 Å². The maximum absolute atomic E-state index is 12.6. The fourth-order valence-electron chi connectivity index (χ4n) is 3.15. The Morgan fingerprint density at radius 3 is 2.81 bits per heavy atom. The minimum absolute atomic E-state index is 0.0707. The summed E-state index contributed by atoms with van der Waals surface area (Å²) >= 11 is 0. The molecular weight excluding hydrogens is 334 g/mol. The Morgan fingerprint density at radius 2 is 2.12 bits per heavy atom. The monoisotopic (exact) mass is 357 g/mol. The zero-order valence-electron chi connectivity index (χ0n) is 14.8. The van der Waals surface area contributed by atoms with Gasteiger partial charge in [-0.3, -0.25) is 9.36 Å². The number of aromatic nitrogens is 2. The molecule has 1 N–H and O–H groups in total. The molecule has 0 radical (unpaired) electrons. The van der Waals surface area contributed by atoms with Gasteiger partial charge in [-0.2, -0.15) is 0 Å². The smallest absolute Gasteiger partial charge is 0.347 e. The van der Waals surface area contributed by atoms with E-state index in [0.29, 0.717) is 19.6 Å². The van der Waals surface area contributed by atoms with Gasteiger partial charge in [0.2, 0.25) is 5.91 Å². The Hall–Kier alpha value is -2.51. The highest BCUT2D eigenvalue weighted by molar-refractivity contribution is 5.76. The Balaban J connectivity index is 1.71. The number of carbonyl (C=O) groups is 1. The highest BCUT2D eigenvalue weighted by atomic mass is 16.5. The molecule has 1 aromatic carbocycles. The standard InChI is InChI=1S/C19H23N3O4/c1-15-3-5-16(6-4-15)11-19(14-23)13-22(9-10-26-19)17(24)12-21-8-2-7-20-18(21)25/h2-8,23H,9-14H2,1H3/t19-/m1/s1. The second-order valence-electron chi connectivity index (χ2n) is 6.70. The van der Waals surface area contributed by atoms with Gasteiger partial charge < -0.3 is 14.7 Å². The summed E-state index contributed by atoms with van der Waals surface area (Å²) in [6.07, 6.45) is 3.45. The predicted molar refractivity (Wildman–Crippen MR) is 95.7 cm³/mol. The van der Waals surface area contributed by atoms with Crippen molar-refractivity contribution in [2.45, 2.75) is 25.5 Å². The Labute approximate surface area is 151 Å². The molecule has 1 saturated heterocycles. The first-order valence-corrected chi connectivity index (χ1v) is 8.61. The maximum atomic E-state index is 12.6. The number of aryl methyl sites for hydroxylation is 1. The number of amides is 1. The van der Waals surface area contributed by atoms with Gasteiger partial charge in [0.1, 0.15) is 12.1 Å². The molecule has 26 heavy (non-hydrogen) atoms. The third kappa shape index (κ3) is 4.17. The van der Waals surface area contributed by atoms with Crippen LogP contribution in [0.15, 0.2) is 47.5 Å². The number of aliphatic hydroxyl groups is 1. The summed E-state index contributed by atoms with van der Waals surface area (Å²) in [4.78, 5) is 29.6. The third-order valence-corrected chi connectivity index (χ3v) is 4.62. The molecule has 2 aromatic rings. The highest BCUT2D eigenvalue weighted by Crippen LogP contribution is 2.23. The second-order valence-corrected chi connectivity index (χ2v) is 6.70. The molecule has 1 atom stereocenters. The lowest BCUT2D eigenvalue weighted by Gasteiger charge is -2.42. The lowest BCUT2D eigenvalue weighted by atomic mass is 9.92. The SMILES string of the molecule is Cc1ccc(C[C@]2(CO)CN(C(=O)Cn3cccnc3=O)CCO2)cc1. The molecule has 1 aliphatic heterocycles. The highest BCUT2D eigenvalue weighted by Gasteiger charge is 2.38. The maximum Gasteiger partial charge on any atom is 0.347 e. The van der Waals surface area contributed by atoms with Gasteiger partial charge in [0.25, 0.3) is 0 Å². The van der Waals surface area contributed by atoms with Crippen molar-refractivity contribution in [1.29, 1.82) is 0 Å². The zero-order valence-corrected chi connectivity index (χ0v) is 14.8. The van der Waals surface area contributed by atoms with Crippen LogP contribution in [0.3, 0.4) is 0 Å². The quantitative estimate of drug-likeness (QED) is 0.837. The summed E-state index contributed by atoms with van der Waals surface area (Å²) in [6, 6.07) is 9.66. The molecule has 0 spiro atoms. The summed E-state index contributed by atoms with van der Waals surface area (Å²) in [5, 5.41) is 9.96. The largest absolute Gasteiger partial charge is 0.393 e. The van der Waals surface area contributed by atoms with E-state index < -0.39 is 11.3 Å². The molecule has 0 aliphatic carbocycles. The van der Waals surface area contributed by atoms with E-state index >= 15 is 0 Å². The van der Waals surface area contributed by atoms with Gasteiger partial charge >= 0.3 is 5.69 Å². The van der Waals surface area contributed by atoms with E-state index in [4.69, 9.17) is 4.74 Å². The average molecular weight is 357 g/mol. The molecule has 1 aliphatic rings. The first kappa shape index (κ1) is 18.3. The van der Waals surface area contributed by atoms with Crippen LogP contribution in [0.25, 0.3) is 0 Å². The van der Waals surface area contributed by atoms with Crippen molar-refractivity contribution in [2.24, 2.45) is 0 Å². The van der Waals surface area contributed by atoms with Gasteiger partial charge in [-0.05, 0) is 18.6 Å². The summed E-state index contributed by atoms with van der Waals surface area (Å²) in [5.74, 6) is -0.190. The van der Waals surface area contributed by atoms with Gasteiger partial charge in [-0.15, -0.1) is 0 Å². The first-order chi connectivity index (χ1) is 12.5. The van der Waals surface area contributed by atoms with Crippen LogP contribution in [-0.4, -0.2) is 57.4 Å². The van der Waals surface area contributed by atoms with Gasteiger partial charge in [0.05, 0.1) is 19.8 Å². The Kier molecular flexibility index (Phi) is 5.49. The van der Waals surface area contributed by atoms with Crippen molar-refractivity contribution in [3.63, 3.8) is 0 Å². The molecular formula is C19H23N3O4. The van der Waals surface area contributed by atoms with E-state index in [9.17, 15) is 14.7 Å². The van der Waals surface area contributed by atoms with E-state index in [-0.39, 0.29) is 25.6 Å². The van der Waals surface area contributed by atoms with Crippen LogP contribution in [0.2, 0.25) is 0 Å². The Bertz CT molecular complexity index is 818. The molecule has 1 aromatic heterocycles. The molecule has 7 heteroatoms. The zero-order chi connectivity index (χ0) is 18.6. The first-order valence-electron chi connectivity index (χ1n) is 8.61. The lowest BCUT2D eigenvalue weighted by Crippen LogP contribution is -2.57. The van der Waals surface area contributed by atoms with Crippen molar-refractivity contribution in [2.75, 3.05) is 26.3 Å². The molecule has 0 saturated carbocycles. The fourth-order valence-corrected chi connectivity index (χ4v) is 3.15. The minimum atomic E-state index is -0.830. The molecule has 0 unspecified atom stereocenters. The number of rotatable bonds is 5. The van der Waals surface area contributed by atoms with E-state index in [2.05, 4.69) is 4.98 Å². The van der Waals surface area contributed by atoms with Crippen LogP contribution >= 0.6 is 0 Å². The van der Waals surface area contributed by atoms with Crippen LogP contribution < -0.4 is 5.69 Å². The minimum Gasteiger partial charge on any atom is -0.393 e. The average Bonchev–Trinajstić information content (AvgIpc) is 2.66. The number of carbonyl (C=O) groups excluding carboxylic acids is 1. The van der Waals surface area contributed by atoms with Crippen molar-refractivity contribution in [3.8, 4) is 0 Å². The third-order valence-electron chi connectivity index (χ3n) is 4.62. The van der Waals surface area contributed by atoms with Crippen LogP contribution in [0.4, 0.5) is 0 Å². The van der Waals surface area contributed by atoms with Crippen molar-refractivity contribution >= 4 is 5.91 Å². The summed E-state index contributed by atoms with van der Waals surface area (Å²) < 4.78 is 7.15. The van der Waals surface area contributed by atoms with E-state index in [1.165, 1.54) is 10.8 Å². The van der Waals surface area contributed by atoms with Gasteiger partial charge in [0, 0.05) is 25.4 Å². The molecule has 138 valence electrons. The second kappa shape index (κ2) is 7.80. The molecule has 1 fully saturated rings. The summed E-state index contributed by atoms with van der Waals surface area (Å²) in [6.45, 7) is 2.83. The van der Waals surface area contributed by atoms with Gasteiger partial charge in [-0.1, -0.05) is 29.8 Å². The van der Waals surface area contributed by atoms with E-state index in [1.54, 1.807) is 17.2 Å². The van der Waals surface area contributed by atoms with Crippen LogP contribution in [0.1, 0.15) is 11.1 Å². The number of morpholine rings is 1. The van der Waals surface area contributed by atoms with Crippen LogP contribution in [0, 0.1) is 6.92 Å². The number of nitrogens with zero attached hydrogens (tertiary/aromatic N) is 3. The lowest BCUT2D eigenvalue weighted by molar-refractivity contribution is -0.158. The van der Waals surface area contributed by atoms with Crippen molar-refractivity contribution in [1.82, 2.24) is 14.5 Å². The number of hydrogen-bond donors (Lipinski definition) is 1. The van der Waals surface area contributed by atoms with Crippen molar-refractivity contribution < 1.29 is 14.6 Å². The number of hydrogen-bond acceptors (Lipinski definition) is 5. The molecule has 1 amide bonds. The Morgan fingerprint density at radius 1 is 1.35 bits per heavy atom. The van der Waals surface area contributed by atoms with Gasteiger partial charge in [-0.25, -0.2) is 9.78 Å². The van der Waals surface area contributed by atoms with Crippen molar-refractivity contribution in [3.05, 3.63) is 64.3 Å². The predicted octanol–water partition coefficient (Wildman–Crippen LogP) is 0.384. The van der Waals surface area contributed by atoms with E-state index in [0.717, 1.165) is 11.1 Å². The van der Waals surface area contributed by atoms with Crippen LogP contribution in [-0.2, 0) is 22.5 Å². The molecule has 3 rings (SSSR count). The number of aliphatic hydroxyl groups excluding tert-OH is 1. The molecule has 2 heterocycles. The number of benzene rings is 1. The van der Waals surface area contributed by atoms with Crippen LogP contribution in [0.5, 0.6) is 0 Å².